The van der Waals surface area contributed by atoms with Gasteiger partial charge in [-0.25, -0.2) is 8.78 Å². The number of halogens is 2. The van der Waals surface area contributed by atoms with E-state index in [4.69, 9.17) is 5.26 Å². The van der Waals surface area contributed by atoms with Gasteiger partial charge in [0.25, 0.3) is 5.69 Å². The minimum absolute atomic E-state index is 0.0878. The zero-order chi connectivity index (χ0) is 15.4. The van der Waals surface area contributed by atoms with Crippen LogP contribution >= 0.6 is 0 Å². The minimum atomic E-state index is -1.18. The summed E-state index contributed by atoms with van der Waals surface area (Å²) in [5, 5.41) is 34.3. The lowest BCUT2D eigenvalue weighted by Crippen LogP contribution is -2.01. The maximum Gasteiger partial charge on any atom is 0.298 e. The molecule has 0 aliphatic carbocycles. The van der Waals surface area contributed by atoms with Crippen molar-refractivity contribution in [2.75, 3.05) is 5.32 Å². The normalized spacial score (nSPS) is 11.0. The number of tetrazole rings is 1. The Morgan fingerprint density at radius 3 is 2.86 bits per heavy atom. The number of allylic oxidation sites excluding steroid dienone is 1. The molecule has 11 heteroatoms. The first-order valence-corrected chi connectivity index (χ1v) is 5.27. The summed E-state index contributed by atoms with van der Waals surface area (Å²) in [7, 11) is 0. The summed E-state index contributed by atoms with van der Waals surface area (Å²) in [6.45, 7) is 0. The highest BCUT2D eigenvalue weighted by Crippen LogP contribution is 2.29. The number of anilines is 1. The molecule has 0 amide bonds. The summed E-state index contributed by atoms with van der Waals surface area (Å²) in [4.78, 5) is 9.82. The van der Waals surface area contributed by atoms with Crippen LogP contribution in [0.5, 0.6) is 0 Å². The zero-order valence-corrected chi connectivity index (χ0v) is 10.0. The van der Waals surface area contributed by atoms with Crippen molar-refractivity contribution in [2.45, 2.75) is 0 Å². The van der Waals surface area contributed by atoms with Gasteiger partial charge in [0.05, 0.1) is 11.0 Å². The van der Waals surface area contributed by atoms with Gasteiger partial charge in [0.1, 0.15) is 17.5 Å². The number of H-pyrrole nitrogens is 1. The molecule has 9 nitrogen and oxygen atoms in total. The standard InChI is InChI=1S/C10H5F2N7O2/c11-6-1-7(12)9(8(2-6)19(20)21)14-4-5(3-13)10-15-17-18-16-10/h1-2,4,14H,(H,15,16,17,18). The number of nitro benzene ring substituents is 1. The smallest absolute Gasteiger partial charge is 0.298 e. The number of aromatic nitrogens is 4. The molecule has 0 aliphatic rings. The number of nitro groups is 1. The van der Waals surface area contributed by atoms with E-state index in [-0.39, 0.29) is 11.4 Å². The first kappa shape index (κ1) is 14.0. The number of hydrogen-bond acceptors (Lipinski definition) is 7. The van der Waals surface area contributed by atoms with Gasteiger partial charge in [0.2, 0.25) is 5.82 Å². The molecule has 0 spiro atoms. The van der Waals surface area contributed by atoms with Gasteiger partial charge in [0, 0.05) is 12.3 Å². The van der Waals surface area contributed by atoms with E-state index in [2.05, 4.69) is 25.9 Å². The molecule has 0 atom stereocenters. The molecule has 0 saturated heterocycles. The summed E-state index contributed by atoms with van der Waals surface area (Å²) in [6.07, 6.45) is 0.953. The van der Waals surface area contributed by atoms with Crippen LogP contribution in [0.25, 0.3) is 5.57 Å². The number of hydrogen-bond donors (Lipinski definition) is 2. The lowest BCUT2D eigenvalue weighted by atomic mass is 10.2. The van der Waals surface area contributed by atoms with Crippen molar-refractivity contribution < 1.29 is 13.7 Å². The predicted octanol–water partition coefficient (Wildman–Crippen LogP) is 1.36. The number of nitriles is 1. The van der Waals surface area contributed by atoms with Crippen molar-refractivity contribution in [3.63, 3.8) is 0 Å². The Kier molecular flexibility index (Phi) is 3.80. The highest BCUT2D eigenvalue weighted by molar-refractivity contribution is 5.75. The third kappa shape index (κ3) is 2.95. The van der Waals surface area contributed by atoms with Crippen molar-refractivity contribution in [3.05, 3.63) is 45.9 Å². The molecule has 106 valence electrons. The molecule has 0 radical (unpaired) electrons. The van der Waals surface area contributed by atoms with E-state index < -0.39 is 27.9 Å². The zero-order valence-electron chi connectivity index (χ0n) is 10.0. The van der Waals surface area contributed by atoms with Gasteiger partial charge in [-0.2, -0.15) is 10.5 Å². The second kappa shape index (κ2) is 5.70. The van der Waals surface area contributed by atoms with Crippen molar-refractivity contribution in [1.82, 2.24) is 20.6 Å². The second-order valence-electron chi connectivity index (χ2n) is 3.59. The van der Waals surface area contributed by atoms with E-state index in [0.717, 1.165) is 6.20 Å². The Labute approximate surface area is 115 Å². The molecule has 0 saturated carbocycles. The fourth-order valence-corrected chi connectivity index (χ4v) is 1.41. The van der Waals surface area contributed by atoms with Crippen molar-refractivity contribution in [1.29, 1.82) is 5.26 Å². The molecule has 2 rings (SSSR count). The van der Waals surface area contributed by atoms with Gasteiger partial charge in [-0.3, -0.25) is 10.1 Å². The van der Waals surface area contributed by atoms with Crippen molar-refractivity contribution >= 4 is 16.9 Å². The summed E-state index contributed by atoms with van der Waals surface area (Å²) < 4.78 is 26.6. The van der Waals surface area contributed by atoms with Gasteiger partial charge < -0.3 is 5.32 Å². The van der Waals surface area contributed by atoms with E-state index in [1.807, 2.05) is 0 Å². The molecule has 2 N–H and O–H groups in total. The Morgan fingerprint density at radius 1 is 1.52 bits per heavy atom. The molecule has 0 unspecified atom stereocenters. The maximum absolute atomic E-state index is 13.6. The number of benzene rings is 1. The topological polar surface area (TPSA) is 133 Å². The first-order valence-electron chi connectivity index (χ1n) is 5.27. The monoisotopic (exact) mass is 293 g/mol. The Hall–Kier alpha value is -3.42. The van der Waals surface area contributed by atoms with Gasteiger partial charge >= 0.3 is 0 Å². The number of nitrogens with zero attached hydrogens (tertiary/aromatic N) is 5. The van der Waals surface area contributed by atoms with E-state index in [0.29, 0.717) is 12.1 Å². The molecule has 21 heavy (non-hydrogen) atoms. The third-order valence-corrected chi connectivity index (χ3v) is 2.30. The second-order valence-corrected chi connectivity index (χ2v) is 3.59. The quantitative estimate of drug-likeness (QED) is 0.493. The van der Waals surface area contributed by atoms with Gasteiger partial charge in [-0.15, -0.1) is 10.2 Å². The lowest BCUT2D eigenvalue weighted by molar-refractivity contribution is -0.384. The summed E-state index contributed by atoms with van der Waals surface area (Å²) >= 11 is 0. The largest absolute Gasteiger partial charge is 0.352 e. The van der Waals surface area contributed by atoms with Crippen molar-refractivity contribution in [3.8, 4) is 6.07 Å². The molecule has 2 aromatic rings. The molecule has 0 bridgehead atoms. The van der Waals surface area contributed by atoms with Crippen LogP contribution in [0.15, 0.2) is 18.3 Å². The lowest BCUT2D eigenvalue weighted by Gasteiger charge is -2.04. The van der Waals surface area contributed by atoms with E-state index >= 15 is 0 Å². The van der Waals surface area contributed by atoms with E-state index in [1.54, 1.807) is 6.07 Å². The third-order valence-electron chi connectivity index (χ3n) is 2.30. The molecule has 0 aliphatic heterocycles. The fraction of sp³-hybridized carbons (Fsp3) is 0. The van der Waals surface area contributed by atoms with Gasteiger partial charge in [-0.1, -0.05) is 0 Å². The number of nitrogens with one attached hydrogen (secondary N) is 2. The van der Waals surface area contributed by atoms with Crippen LogP contribution in [0.1, 0.15) is 5.82 Å². The highest BCUT2D eigenvalue weighted by atomic mass is 19.1. The molecule has 1 heterocycles. The number of aromatic amines is 1. The highest BCUT2D eigenvalue weighted by Gasteiger charge is 2.20. The Balaban J connectivity index is 2.40. The van der Waals surface area contributed by atoms with Gasteiger partial charge in [0.15, 0.2) is 11.5 Å². The van der Waals surface area contributed by atoms with Crippen LogP contribution in [0.3, 0.4) is 0 Å². The van der Waals surface area contributed by atoms with Crippen LogP contribution in [-0.2, 0) is 0 Å². The average molecular weight is 293 g/mol. The van der Waals surface area contributed by atoms with Crippen LogP contribution in [-0.4, -0.2) is 25.5 Å². The number of rotatable bonds is 4. The summed E-state index contributed by atoms with van der Waals surface area (Å²) in [6, 6.07) is 2.73. The molecule has 0 fully saturated rings. The van der Waals surface area contributed by atoms with Crippen LogP contribution in [0.2, 0.25) is 0 Å². The van der Waals surface area contributed by atoms with Crippen molar-refractivity contribution in [2.24, 2.45) is 0 Å². The van der Waals surface area contributed by atoms with Crippen LogP contribution in [0, 0.1) is 33.1 Å². The summed E-state index contributed by atoms with van der Waals surface area (Å²) in [5.41, 5.74) is -1.55. The summed E-state index contributed by atoms with van der Waals surface area (Å²) in [5.74, 6) is -2.36. The molecule has 1 aromatic heterocycles. The molecule has 1 aromatic carbocycles. The first-order chi connectivity index (χ1) is 10.0. The van der Waals surface area contributed by atoms with Crippen LogP contribution < -0.4 is 5.32 Å². The van der Waals surface area contributed by atoms with Gasteiger partial charge in [-0.05, 0) is 5.21 Å². The minimum Gasteiger partial charge on any atom is -0.352 e. The Bertz CT molecular complexity index is 752. The predicted molar refractivity (Wildman–Crippen MR) is 64.4 cm³/mol. The Morgan fingerprint density at radius 2 is 2.29 bits per heavy atom. The van der Waals surface area contributed by atoms with Crippen LogP contribution in [0.4, 0.5) is 20.2 Å². The average Bonchev–Trinajstić information content (AvgIpc) is 2.94. The van der Waals surface area contributed by atoms with E-state index in [1.165, 1.54) is 0 Å². The van der Waals surface area contributed by atoms with E-state index in [9.17, 15) is 18.9 Å². The maximum atomic E-state index is 13.6. The SMILES string of the molecule is N#CC(=CNc1c(F)cc(F)cc1[N+](=O)[O-])c1nn[nH]n1. The molecular weight excluding hydrogens is 288 g/mol. The fourth-order valence-electron chi connectivity index (χ4n) is 1.41. The molecular formula is C10H5F2N7O2.